The molecule has 1 aliphatic carbocycles. The van der Waals surface area contributed by atoms with Crippen LogP contribution in [0.3, 0.4) is 0 Å². The number of rotatable bonds is 4. The smallest absolute Gasteiger partial charge is 0.227 e. The zero-order valence-corrected chi connectivity index (χ0v) is 16.4. The number of benzene rings is 1. The van der Waals surface area contributed by atoms with Gasteiger partial charge < -0.3 is 14.5 Å². The van der Waals surface area contributed by atoms with Gasteiger partial charge in [0.15, 0.2) is 0 Å². The highest BCUT2D eigenvalue weighted by atomic mass is 16.5. The van der Waals surface area contributed by atoms with Gasteiger partial charge in [0.1, 0.15) is 5.75 Å². The number of carbonyl (C=O) groups excluding carboxylic acids is 2. The molecule has 0 bridgehead atoms. The van der Waals surface area contributed by atoms with E-state index in [0.717, 1.165) is 24.2 Å². The molecule has 3 rings (SSSR count). The molecule has 2 aliphatic rings. The Morgan fingerprint density at radius 2 is 1.69 bits per heavy atom. The number of ether oxygens (including phenoxy) is 1. The van der Waals surface area contributed by atoms with Gasteiger partial charge in [-0.1, -0.05) is 32.9 Å². The van der Waals surface area contributed by atoms with Gasteiger partial charge in [0, 0.05) is 37.7 Å². The number of amides is 2. The normalized spacial score (nSPS) is 18.0. The minimum absolute atomic E-state index is 0.0267. The number of hydrogen-bond acceptors (Lipinski definition) is 3. The third kappa shape index (κ3) is 4.19. The van der Waals surface area contributed by atoms with Crippen LogP contribution in [0.25, 0.3) is 0 Å². The number of piperazine rings is 1. The van der Waals surface area contributed by atoms with E-state index >= 15 is 0 Å². The first kappa shape index (κ1) is 18.7. The van der Waals surface area contributed by atoms with Crippen LogP contribution in [0.15, 0.2) is 18.2 Å². The van der Waals surface area contributed by atoms with Gasteiger partial charge in [-0.15, -0.1) is 0 Å². The first-order chi connectivity index (χ1) is 12.3. The Hall–Kier alpha value is -2.04. The second kappa shape index (κ2) is 7.29. The van der Waals surface area contributed by atoms with E-state index in [0.29, 0.717) is 32.6 Å². The Bertz CT molecular complexity index is 681. The quantitative estimate of drug-likeness (QED) is 0.831. The Morgan fingerprint density at radius 1 is 1.08 bits per heavy atom. The molecular formula is C21H30N2O3. The SMILES string of the molecule is COc1ccc(C(C)(C)C)cc1CC(=O)N1CCN(C(=O)C2CC2)CC1. The van der Waals surface area contributed by atoms with E-state index in [4.69, 9.17) is 4.74 Å². The monoisotopic (exact) mass is 358 g/mol. The Balaban J connectivity index is 1.63. The lowest BCUT2D eigenvalue weighted by molar-refractivity contribution is -0.140. The van der Waals surface area contributed by atoms with Gasteiger partial charge >= 0.3 is 0 Å². The maximum atomic E-state index is 12.8. The largest absolute Gasteiger partial charge is 0.496 e. The van der Waals surface area contributed by atoms with Crippen molar-refractivity contribution in [3.8, 4) is 5.75 Å². The van der Waals surface area contributed by atoms with E-state index in [-0.39, 0.29) is 23.1 Å². The van der Waals surface area contributed by atoms with Gasteiger partial charge in [0.05, 0.1) is 13.5 Å². The Labute approximate surface area is 156 Å². The molecule has 5 heteroatoms. The first-order valence-corrected chi connectivity index (χ1v) is 9.53. The molecule has 1 aliphatic heterocycles. The van der Waals surface area contributed by atoms with Crippen molar-refractivity contribution >= 4 is 11.8 Å². The molecule has 0 aromatic heterocycles. The molecule has 0 N–H and O–H groups in total. The highest BCUT2D eigenvalue weighted by Gasteiger charge is 2.35. The van der Waals surface area contributed by atoms with Gasteiger partial charge in [0.25, 0.3) is 0 Å². The third-order valence-electron chi connectivity index (χ3n) is 5.36. The fourth-order valence-electron chi connectivity index (χ4n) is 3.42. The summed E-state index contributed by atoms with van der Waals surface area (Å²) in [6.45, 7) is 9.04. The van der Waals surface area contributed by atoms with Crippen LogP contribution in [0.2, 0.25) is 0 Å². The lowest BCUT2D eigenvalue weighted by Gasteiger charge is -2.35. The molecule has 0 atom stereocenters. The van der Waals surface area contributed by atoms with Crippen molar-refractivity contribution in [2.24, 2.45) is 5.92 Å². The molecule has 1 heterocycles. The Kier molecular flexibility index (Phi) is 5.26. The molecule has 2 fully saturated rings. The summed E-state index contributed by atoms with van der Waals surface area (Å²) in [4.78, 5) is 28.7. The number of nitrogens with zero attached hydrogens (tertiary/aromatic N) is 2. The van der Waals surface area contributed by atoms with Crippen molar-refractivity contribution in [2.45, 2.75) is 45.4 Å². The van der Waals surface area contributed by atoms with Crippen LogP contribution in [0.4, 0.5) is 0 Å². The molecule has 142 valence electrons. The molecule has 0 spiro atoms. The van der Waals surface area contributed by atoms with Gasteiger partial charge in [-0.2, -0.15) is 0 Å². The predicted octanol–water partition coefficient (Wildman–Crippen LogP) is 2.62. The van der Waals surface area contributed by atoms with E-state index < -0.39 is 0 Å². The maximum absolute atomic E-state index is 12.8. The maximum Gasteiger partial charge on any atom is 0.227 e. The Morgan fingerprint density at radius 3 is 2.23 bits per heavy atom. The number of carbonyl (C=O) groups is 2. The molecule has 26 heavy (non-hydrogen) atoms. The topological polar surface area (TPSA) is 49.9 Å². The van der Waals surface area contributed by atoms with Crippen molar-refractivity contribution in [2.75, 3.05) is 33.3 Å². The number of hydrogen-bond donors (Lipinski definition) is 0. The summed E-state index contributed by atoms with van der Waals surface area (Å²) in [5.41, 5.74) is 2.15. The molecule has 1 aromatic carbocycles. The second-order valence-electron chi connectivity index (χ2n) is 8.43. The van der Waals surface area contributed by atoms with Crippen molar-refractivity contribution < 1.29 is 14.3 Å². The summed E-state index contributed by atoms with van der Waals surface area (Å²) in [7, 11) is 1.64. The summed E-state index contributed by atoms with van der Waals surface area (Å²) in [6, 6.07) is 6.11. The van der Waals surface area contributed by atoms with Gasteiger partial charge in [-0.3, -0.25) is 9.59 Å². The first-order valence-electron chi connectivity index (χ1n) is 9.53. The van der Waals surface area contributed by atoms with E-state index in [2.05, 4.69) is 32.9 Å². The standard InChI is InChI=1S/C21H30N2O3/c1-21(2,3)17-7-8-18(26-4)16(13-17)14-19(24)22-9-11-23(12-10-22)20(25)15-5-6-15/h7-8,13,15H,5-6,9-12,14H2,1-4H3. The fourth-order valence-corrected chi connectivity index (χ4v) is 3.42. The molecule has 2 amide bonds. The van der Waals surface area contributed by atoms with Gasteiger partial charge in [-0.05, 0) is 29.9 Å². The third-order valence-corrected chi connectivity index (χ3v) is 5.36. The van der Waals surface area contributed by atoms with Gasteiger partial charge in [0.2, 0.25) is 11.8 Å². The van der Waals surface area contributed by atoms with Crippen LogP contribution in [0.5, 0.6) is 5.75 Å². The molecule has 0 radical (unpaired) electrons. The van der Waals surface area contributed by atoms with Crippen LogP contribution >= 0.6 is 0 Å². The van der Waals surface area contributed by atoms with Crippen molar-refractivity contribution in [1.82, 2.24) is 9.80 Å². The zero-order valence-electron chi connectivity index (χ0n) is 16.4. The van der Waals surface area contributed by atoms with Crippen molar-refractivity contribution in [1.29, 1.82) is 0 Å². The average Bonchev–Trinajstić information content (AvgIpc) is 3.45. The van der Waals surface area contributed by atoms with Crippen LogP contribution in [-0.2, 0) is 21.4 Å². The summed E-state index contributed by atoms with van der Waals surface area (Å²) in [5.74, 6) is 1.39. The molecule has 1 aromatic rings. The van der Waals surface area contributed by atoms with E-state index in [9.17, 15) is 9.59 Å². The number of methoxy groups -OCH3 is 1. The highest BCUT2D eigenvalue weighted by Crippen LogP contribution is 2.31. The molecule has 1 saturated carbocycles. The predicted molar refractivity (Wildman–Crippen MR) is 101 cm³/mol. The lowest BCUT2D eigenvalue weighted by atomic mass is 9.85. The fraction of sp³-hybridized carbons (Fsp3) is 0.619. The summed E-state index contributed by atoms with van der Waals surface area (Å²) < 4.78 is 5.46. The molecular weight excluding hydrogens is 328 g/mol. The summed E-state index contributed by atoms with van der Waals surface area (Å²) >= 11 is 0. The minimum Gasteiger partial charge on any atom is -0.496 e. The lowest BCUT2D eigenvalue weighted by Crippen LogP contribution is -2.51. The van der Waals surface area contributed by atoms with Crippen molar-refractivity contribution in [3.63, 3.8) is 0 Å². The molecule has 0 unspecified atom stereocenters. The highest BCUT2D eigenvalue weighted by molar-refractivity contribution is 5.82. The second-order valence-corrected chi connectivity index (χ2v) is 8.43. The van der Waals surface area contributed by atoms with Gasteiger partial charge in [-0.25, -0.2) is 0 Å². The van der Waals surface area contributed by atoms with Crippen LogP contribution in [-0.4, -0.2) is 54.9 Å². The van der Waals surface area contributed by atoms with E-state index in [1.807, 2.05) is 15.9 Å². The van der Waals surface area contributed by atoms with Crippen LogP contribution in [0, 0.1) is 5.92 Å². The minimum atomic E-state index is 0.0267. The zero-order chi connectivity index (χ0) is 18.9. The van der Waals surface area contributed by atoms with Crippen molar-refractivity contribution in [3.05, 3.63) is 29.3 Å². The molecule has 5 nitrogen and oxygen atoms in total. The van der Waals surface area contributed by atoms with E-state index in [1.165, 1.54) is 5.56 Å². The van der Waals surface area contributed by atoms with Crippen LogP contribution in [0.1, 0.15) is 44.7 Å². The summed E-state index contributed by atoms with van der Waals surface area (Å²) in [6.07, 6.45) is 2.40. The van der Waals surface area contributed by atoms with E-state index in [1.54, 1.807) is 7.11 Å². The van der Waals surface area contributed by atoms with Crippen LogP contribution < -0.4 is 4.74 Å². The summed E-state index contributed by atoms with van der Waals surface area (Å²) in [5, 5.41) is 0. The average molecular weight is 358 g/mol. The molecule has 1 saturated heterocycles.